The quantitative estimate of drug-likeness (QED) is 0.233. The van der Waals surface area contributed by atoms with E-state index < -0.39 is 60.6 Å². The number of aromatic amines is 1. The van der Waals surface area contributed by atoms with Gasteiger partial charge < -0.3 is 29.7 Å². The number of phosphoric acid groups is 2. The molecule has 4 unspecified atom stereocenters. The van der Waals surface area contributed by atoms with Gasteiger partial charge in [-0.15, -0.1) is 4.52 Å². The van der Waals surface area contributed by atoms with Crippen LogP contribution in [0.4, 0.5) is 0 Å². The van der Waals surface area contributed by atoms with Crippen LogP contribution in [0, 0.1) is 0 Å². The smallest absolute Gasteiger partial charge is 0.387 e. The first kappa shape index (κ1) is 23.2. The van der Waals surface area contributed by atoms with E-state index in [-0.39, 0.29) is 11.2 Å². The molecule has 3 rings (SSSR count). The molecular weight excluding hydrogens is 477 g/mol. The Hall–Kier alpha value is -1.45. The number of nitrogens with zero attached hydrogens (tertiary/aromatic N) is 3. The van der Waals surface area contributed by atoms with E-state index in [0.29, 0.717) is 0 Å². The number of imidazole rings is 1. The number of nitrogens with one attached hydrogen (secondary N) is 1. The first-order chi connectivity index (χ1) is 13.9. The van der Waals surface area contributed by atoms with Crippen LogP contribution in [0.25, 0.3) is 11.2 Å². The van der Waals surface area contributed by atoms with Crippen LogP contribution in [0.15, 0.2) is 17.4 Å². The highest BCUT2D eigenvalue weighted by molar-refractivity contribution is 7.64. The Balaban J connectivity index is 1.65. The zero-order chi connectivity index (χ0) is 22.3. The molecule has 0 spiro atoms. The molecule has 1 aliphatic heterocycles. The number of fused-ring (bicyclic) bond motifs is 1. The molecular formula is C10H14N4O13P3+. The first-order valence-electron chi connectivity index (χ1n) is 7.69. The van der Waals surface area contributed by atoms with Crippen LogP contribution in [-0.2, 0) is 31.6 Å². The van der Waals surface area contributed by atoms with E-state index in [4.69, 9.17) is 19.4 Å². The third-order valence-electron chi connectivity index (χ3n) is 3.70. The Bertz CT molecular complexity index is 1100. The van der Waals surface area contributed by atoms with Gasteiger partial charge in [0.15, 0.2) is 17.4 Å². The fourth-order valence-electron chi connectivity index (χ4n) is 2.54. The molecule has 0 aliphatic carbocycles. The predicted octanol–water partition coefficient (Wildman–Crippen LogP) is -1.36. The Morgan fingerprint density at radius 3 is 2.60 bits per heavy atom. The van der Waals surface area contributed by atoms with Crippen molar-refractivity contribution in [3.05, 3.63) is 23.0 Å². The third kappa shape index (κ3) is 5.23. The van der Waals surface area contributed by atoms with Gasteiger partial charge in [0.1, 0.15) is 24.9 Å². The molecule has 0 aromatic carbocycles. The Kier molecular flexibility index (Phi) is 6.65. The second-order valence-corrected chi connectivity index (χ2v) is 9.67. The number of H-pyrrole nitrogens is 1. The molecule has 1 fully saturated rings. The molecule has 6 N–H and O–H groups in total. The van der Waals surface area contributed by atoms with Crippen molar-refractivity contribution in [3.63, 3.8) is 0 Å². The maximum Gasteiger partial charge on any atom is 0.708 e. The van der Waals surface area contributed by atoms with Crippen LogP contribution >= 0.6 is 23.9 Å². The standard InChI is InChI=1S/C10H13N4O13P3/c15-6-4(1-24-28(18)26-30(22,23)27-29(19,20)21)25-10(7(6)16)14-3-13-5-8(14)11-2-12-9(5)17/h2-4,6-7,10,15-16H,1H2,(H3-,11,12,17,19,20,21,22,23)/p+1/t4-,6?,7?,10-/m1/s1. The SMILES string of the molecule is O=c1[nH]cnc2c1ncn2[C@@H]1O[C@H](CO[P+](=O)OP(=O)(O)OP(=O)(O)O)C(O)C1O. The van der Waals surface area contributed by atoms with Crippen LogP contribution in [0.2, 0.25) is 0 Å². The zero-order valence-electron chi connectivity index (χ0n) is 14.4. The van der Waals surface area contributed by atoms with E-state index in [2.05, 4.69) is 28.1 Å². The van der Waals surface area contributed by atoms with Crippen molar-refractivity contribution in [2.24, 2.45) is 0 Å². The van der Waals surface area contributed by atoms with Crippen LogP contribution in [0.1, 0.15) is 6.23 Å². The molecule has 0 bridgehead atoms. The van der Waals surface area contributed by atoms with Gasteiger partial charge in [0, 0.05) is 4.57 Å². The monoisotopic (exact) mass is 491 g/mol. The molecule has 2 aromatic rings. The highest BCUT2D eigenvalue weighted by Gasteiger charge is 2.48. The van der Waals surface area contributed by atoms with Crippen molar-refractivity contribution < 1.29 is 56.5 Å². The number of aliphatic hydroxyl groups is 2. The van der Waals surface area contributed by atoms with Crippen LogP contribution in [0.5, 0.6) is 0 Å². The summed E-state index contributed by atoms with van der Waals surface area (Å²) in [7, 11) is -14.3. The van der Waals surface area contributed by atoms with Gasteiger partial charge in [0.2, 0.25) is 0 Å². The number of aromatic nitrogens is 4. The van der Waals surface area contributed by atoms with Gasteiger partial charge in [-0.05, 0) is 4.31 Å². The van der Waals surface area contributed by atoms with Crippen molar-refractivity contribution in [2.45, 2.75) is 24.5 Å². The average Bonchev–Trinajstić information content (AvgIpc) is 3.14. The van der Waals surface area contributed by atoms with Gasteiger partial charge in [-0.2, -0.15) is 4.31 Å². The van der Waals surface area contributed by atoms with E-state index in [1.807, 2.05) is 0 Å². The van der Waals surface area contributed by atoms with Crippen molar-refractivity contribution in [1.82, 2.24) is 19.5 Å². The lowest BCUT2D eigenvalue weighted by atomic mass is 10.1. The summed E-state index contributed by atoms with van der Waals surface area (Å²) in [6.07, 6.45) is -3.51. The molecule has 1 saturated heterocycles. The Labute approximate surface area is 166 Å². The Morgan fingerprint density at radius 2 is 1.93 bits per heavy atom. The van der Waals surface area contributed by atoms with E-state index in [1.165, 1.54) is 4.57 Å². The molecule has 1 aliphatic rings. The minimum Gasteiger partial charge on any atom is -0.387 e. The number of hydrogen-bond acceptors (Lipinski definition) is 12. The maximum absolute atomic E-state index is 11.7. The largest absolute Gasteiger partial charge is 0.708 e. The van der Waals surface area contributed by atoms with Gasteiger partial charge in [-0.25, -0.2) is 19.1 Å². The number of ether oxygens (including phenoxy) is 1. The second-order valence-electron chi connectivity index (χ2n) is 5.74. The van der Waals surface area contributed by atoms with Crippen LogP contribution in [0.3, 0.4) is 0 Å². The minimum absolute atomic E-state index is 0.0433. The molecule has 6 atom stereocenters. The molecule has 20 heteroatoms. The third-order valence-corrected chi connectivity index (χ3v) is 7.10. The van der Waals surface area contributed by atoms with Crippen LogP contribution < -0.4 is 5.56 Å². The van der Waals surface area contributed by atoms with Gasteiger partial charge in [-0.1, -0.05) is 0 Å². The average molecular weight is 491 g/mol. The summed E-state index contributed by atoms with van der Waals surface area (Å²) in [5, 5.41) is 20.3. The highest BCUT2D eigenvalue weighted by atomic mass is 31.3. The minimum atomic E-state index is -5.42. The normalized spacial score (nSPS) is 27.3. The number of aliphatic hydroxyl groups excluding tert-OH is 2. The molecule has 166 valence electrons. The second kappa shape index (κ2) is 8.59. The zero-order valence-corrected chi connectivity index (χ0v) is 17.0. The highest BCUT2D eigenvalue weighted by Crippen LogP contribution is 2.61. The fourth-order valence-corrected chi connectivity index (χ4v) is 5.13. The summed E-state index contributed by atoms with van der Waals surface area (Å²) in [6.45, 7) is -0.736. The number of hydrogen-bond donors (Lipinski definition) is 6. The summed E-state index contributed by atoms with van der Waals surface area (Å²) >= 11 is 0. The lowest BCUT2D eigenvalue weighted by molar-refractivity contribution is -0.0476. The van der Waals surface area contributed by atoms with Crippen molar-refractivity contribution in [1.29, 1.82) is 0 Å². The number of rotatable bonds is 8. The summed E-state index contributed by atoms with van der Waals surface area (Å²) in [6, 6.07) is 0. The first-order valence-corrected chi connectivity index (χ1v) is 11.8. The van der Waals surface area contributed by atoms with E-state index in [9.17, 15) is 28.7 Å². The van der Waals surface area contributed by atoms with Crippen molar-refractivity contribution in [2.75, 3.05) is 6.61 Å². The van der Waals surface area contributed by atoms with Crippen LogP contribution in [-0.4, -0.2) is 69.3 Å². The molecule has 0 radical (unpaired) electrons. The summed E-state index contributed by atoms with van der Waals surface area (Å²) < 4.78 is 52.0. The summed E-state index contributed by atoms with van der Waals surface area (Å²) in [4.78, 5) is 47.8. The lowest BCUT2D eigenvalue weighted by Crippen LogP contribution is -2.33. The maximum atomic E-state index is 11.7. The van der Waals surface area contributed by atoms with E-state index >= 15 is 0 Å². The van der Waals surface area contributed by atoms with Gasteiger partial charge in [0.25, 0.3) is 5.56 Å². The summed E-state index contributed by atoms with van der Waals surface area (Å²) in [5.41, 5.74) is -0.559. The molecule has 30 heavy (non-hydrogen) atoms. The van der Waals surface area contributed by atoms with Gasteiger partial charge >= 0.3 is 23.9 Å². The van der Waals surface area contributed by atoms with E-state index in [0.717, 1.165) is 12.7 Å². The Morgan fingerprint density at radius 1 is 1.23 bits per heavy atom. The fraction of sp³-hybridized carbons (Fsp3) is 0.500. The van der Waals surface area contributed by atoms with Gasteiger partial charge in [0.05, 0.1) is 12.7 Å². The molecule has 2 aromatic heterocycles. The van der Waals surface area contributed by atoms with E-state index in [1.54, 1.807) is 0 Å². The predicted molar refractivity (Wildman–Crippen MR) is 91.7 cm³/mol. The summed E-state index contributed by atoms with van der Waals surface area (Å²) in [5.74, 6) is 0. The topological polar surface area (TPSA) is 253 Å². The van der Waals surface area contributed by atoms with Crippen molar-refractivity contribution >= 4 is 35.1 Å². The van der Waals surface area contributed by atoms with Crippen molar-refractivity contribution in [3.8, 4) is 0 Å². The lowest BCUT2D eigenvalue weighted by Gasteiger charge is -2.16. The molecule has 0 amide bonds. The van der Waals surface area contributed by atoms with Gasteiger partial charge in [-0.3, -0.25) is 14.3 Å². The molecule has 3 heterocycles. The molecule has 0 saturated carbocycles. The molecule has 17 nitrogen and oxygen atoms in total.